The van der Waals surface area contributed by atoms with Gasteiger partial charge in [0.05, 0.1) is 23.4 Å². The number of para-hydroxylation sites is 2. The molecule has 27 heavy (non-hydrogen) atoms. The van der Waals surface area contributed by atoms with Gasteiger partial charge >= 0.3 is 6.18 Å². The van der Waals surface area contributed by atoms with Crippen LogP contribution in [0.1, 0.15) is 5.56 Å². The second-order valence-corrected chi connectivity index (χ2v) is 5.82. The van der Waals surface area contributed by atoms with Gasteiger partial charge in [-0.3, -0.25) is 0 Å². The van der Waals surface area contributed by atoms with Crippen LogP contribution in [0.25, 0.3) is 0 Å². The first-order valence-electron chi connectivity index (χ1n) is 7.73. The Labute approximate surface area is 158 Å². The Morgan fingerprint density at radius 1 is 1.04 bits per heavy atom. The van der Waals surface area contributed by atoms with Crippen molar-refractivity contribution in [1.82, 2.24) is 9.97 Å². The van der Waals surface area contributed by atoms with E-state index in [9.17, 15) is 13.2 Å². The Bertz CT molecular complexity index is 950. The second kappa shape index (κ2) is 7.71. The van der Waals surface area contributed by atoms with E-state index < -0.39 is 11.7 Å². The van der Waals surface area contributed by atoms with Crippen molar-refractivity contribution in [2.24, 2.45) is 0 Å². The van der Waals surface area contributed by atoms with Crippen LogP contribution in [0, 0.1) is 0 Å². The molecule has 140 valence electrons. The molecule has 0 saturated heterocycles. The van der Waals surface area contributed by atoms with Crippen molar-refractivity contribution >= 4 is 34.7 Å². The molecule has 0 fully saturated rings. The summed E-state index contributed by atoms with van der Waals surface area (Å²) in [5, 5.41) is 5.45. The molecule has 9 heteroatoms. The third-order valence-electron chi connectivity index (χ3n) is 3.55. The SMILES string of the molecule is COc1ccccc1Nc1ccnc(Nc2ccc(Cl)c(C(F)(F)F)c2)n1. The molecule has 5 nitrogen and oxygen atoms in total. The van der Waals surface area contributed by atoms with Gasteiger partial charge in [-0.1, -0.05) is 23.7 Å². The number of alkyl halides is 3. The van der Waals surface area contributed by atoms with E-state index in [1.807, 2.05) is 18.2 Å². The van der Waals surface area contributed by atoms with E-state index >= 15 is 0 Å². The Balaban J connectivity index is 1.82. The maximum atomic E-state index is 13.0. The quantitative estimate of drug-likeness (QED) is 0.586. The molecule has 0 amide bonds. The van der Waals surface area contributed by atoms with Crippen LogP contribution in [-0.4, -0.2) is 17.1 Å². The number of rotatable bonds is 5. The number of hydrogen-bond acceptors (Lipinski definition) is 5. The van der Waals surface area contributed by atoms with Crippen molar-refractivity contribution in [3.8, 4) is 5.75 Å². The van der Waals surface area contributed by atoms with E-state index in [-0.39, 0.29) is 16.7 Å². The largest absolute Gasteiger partial charge is 0.495 e. The highest BCUT2D eigenvalue weighted by atomic mass is 35.5. The van der Waals surface area contributed by atoms with E-state index in [0.29, 0.717) is 17.3 Å². The van der Waals surface area contributed by atoms with Crippen LogP contribution in [0.3, 0.4) is 0 Å². The molecule has 0 aliphatic heterocycles. The monoisotopic (exact) mass is 394 g/mol. The van der Waals surface area contributed by atoms with Gasteiger partial charge < -0.3 is 15.4 Å². The topological polar surface area (TPSA) is 59.1 Å². The number of benzene rings is 2. The number of methoxy groups -OCH3 is 1. The minimum absolute atomic E-state index is 0.130. The minimum Gasteiger partial charge on any atom is -0.495 e. The van der Waals surface area contributed by atoms with Crippen molar-refractivity contribution in [3.05, 3.63) is 65.3 Å². The van der Waals surface area contributed by atoms with Crippen LogP contribution in [0.2, 0.25) is 5.02 Å². The predicted molar refractivity (Wildman–Crippen MR) is 98.0 cm³/mol. The van der Waals surface area contributed by atoms with Crippen molar-refractivity contribution in [2.45, 2.75) is 6.18 Å². The normalized spacial score (nSPS) is 11.1. The third kappa shape index (κ3) is 4.59. The van der Waals surface area contributed by atoms with E-state index in [1.165, 1.54) is 18.3 Å². The lowest BCUT2D eigenvalue weighted by Crippen LogP contribution is -2.07. The lowest BCUT2D eigenvalue weighted by atomic mass is 10.2. The Kier molecular flexibility index (Phi) is 5.36. The highest BCUT2D eigenvalue weighted by Crippen LogP contribution is 2.36. The molecule has 0 bridgehead atoms. The predicted octanol–water partition coefficient (Wildman–Crippen LogP) is 5.64. The number of aromatic nitrogens is 2. The van der Waals surface area contributed by atoms with Gasteiger partial charge in [-0.05, 0) is 36.4 Å². The molecule has 0 spiro atoms. The van der Waals surface area contributed by atoms with E-state index in [0.717, 1.165) is 6.07 Å². The van der Waals surface area contributed by atoms with Gasteiger partial charge in [0.25, 0.3) is 0 Å². The maximum absolute atomic E-state index is 13.0. The molecule has 0 radical (unpaired) electrons. The number of ether oxygens (including phenoxy) is 1. The summed E-state index contributed by atoms with van der Waals surface area (Å²) >= 11 is 5.63. The molecule has 0 aliphatic rings. The molecule has 0 atom stereocenters. The smallest absolute Gasteiger partial charge is 0.417 e. The zero-order valence-corrected chi connectivity index (χ0v) is 14.8. The molecule has 3 rings (SSSR count). The Morgan fingerprint density at radius 3 is 2.56 bits per heavy atom. The summed E-state index contributed by atoms with van der Waals surface area (Å²) < 4.78 is 44.2. The summed E-state index contributed by atoms with van der Waals surface area (Å²) in [5.41, 5.74) is -0.0749. The standard InChI is InChI=1S/C18H14ClF3N4O/c1-27-15-5-3-2-4-14(15)25-16-8-9-23-17(26-16)24-11-6-7-13(19)12(10-11)18(20,21)22/h2-10H,1H3,(H2,23,24,25,26). The summed E-state index contributed by atoms with van der Waals surface area (Å²) in [4.78, 5) is 8.28. The zero-order valence-electron chi connectivity index (χ0n) is 14.0. The van der Waals surface area contributed by atoms with E-state index in [4.69, 9.17) is 16.3 Å². The van der Waals surface area contributed by atoms with Gasteiger partial charge in [0.1, 0.15) is 11.6 Å². The molecule has 3 aromatic rings. The summed E-state index contributed by atoms with van der Waals surface area (Å²) in [6, 6.07) is 12.4. The summed E-state index contributed by atoms with van der Waals surface area (Å²) in [6.45, 7) is 0. The molecular formula is C18H14ClF3N4O. The maximum Gasteiger partial charge on any atom is 0.417 e. The molecule has 1 heterocycles. The van der Waals surface area contributed by atoms with Crippen molar-refractivity contribution in [1.29, 1.82) is 0 Å². The zero-order chi connectivity index (χ0) is 19.4. The van der Waals surface area contributed by atoms with Gasteiger partial charge in [0.2, 0.25) is 5.95 Å². The molecule has 1 aromatic heterocycles. The lowest BCUT2D eigenvalue weighted by molar-refractivity contribution is -0.137. The molecule has 2 aromatic carbocycles. The third-order valence-corrected chi connectivity index (χ3v) is 3.88. The van der Waals surface area contributed by atoms with Crippen molar-refractivity contribution in [3.63, 3.8) is 0 Å². The minimum atomic E-state index is -4.55. The van der Waals surface area contributed by atoms with Crippen LogP contribution in [0.5, 0.6) is 5.75 Å². The van der Waals surface area contributed by atoms with Gasteiger partial charge in [-0.25, -0.2) is 4.98 Å². The average molecular weight is 395 g/mol. The molecule has 0 unspecified atom stereocenters. The van der Waals surface area contributed by atoms with E-state index in [1.54, 1.807) is 19.2 Å². The second-order valence-electron chi connectivity index (χ2n) is 5.41. The number of hydrogen-bond donors (Lipinski definition) is 2. The van der Waals surface area contributed by atoms with E-state index in [2.05, 4.69) is 20.6 Å². The van der Waals surface area contributed by atoms with Crippen LogP contribution in [-0.2, 0) is 6.18 Å². The van der Waals surface area contributed by atoms with Gasteiger partial charge in [-0.15, -0.1) is 0 Å². The van der Waals surface area contributed by atoms with Crippen molar-refractivity contribution < 1.29 is 17.9 Å². The molecular weight excluding hydrogens is 381 g/mol. The van der Waals surface area contributed by atoms with Crippen LogP contribution >= 0.6 is 11.6 Å². The fourth-order valence-corrected chi connectivity index (χ4v) is 2.55. The average Bonchev–Trinajstić information content (AvgIpc) is 2.63. The fraction of sp³-hybridized carbons (Fsp3) is 0.111. The van der Waals surface area contributed by atoms with Crippen LogP contribution in [0.15, 0.2) is 54.7 Å². The molecule has 2 N–H and O–H groups in total. The lowest BCUT2D eigenvalue weighted by Gasteiger charge is -2.13. The Morgan fingerprint density at radius 2 is 1.81 bits per heavy atom. The fourth-order valence-electron chi connectivity index (χ4n) is 2.32. The first-order chi connectivity index (χ1) is 12.9. The Hall–Kier alpha value is -3.00. The number of anilines is 4. The molecule has 0 saturated carbocycles. The summed E-state index contributed by atoms with van der Waals surface area (Å²) in [5.74, 6) is 1.20. The first kappa shape index (κ1) is 18.8. The summed E-state index contributed by atoms with van der Waals surface area (Å²) in [6.07, 6.45) is -3.07. The van der Waals surface area contributed by atoms with Crippen LogP contribution in [0.4, 0.5) is 36.3 Å². The number of nitrogens with zero attached hydrogens (tertiary/aromatic N) is 2. The number of halogens is 4. The highest BCUT2D eigenvalue weighted by molar-refractivity contribution is 6.31. The number of nitrogens with one attached hydrogen (secondary N) is 2. The van der Waals surface area contributed by atoms with Crippen molar-refractivity contribution in [2.75, 3.05) is 17.7 Å². The first-order valence-corrected chi connectivity index (χ1v) is 8.11. The van der Waals surface area contributed by atoms with Gasteiger partial charge in [0, 0.05) is 11.9 Å². The van der Waals surface area contributed by atoms with Crippen LogP contribution < -0.4 is 15.4 Å². The molecule has 0 aliphatic carbocycles. The van der Waals surface area contributed by atoms with Gasteiger partial charge in [0.15, 0.2) is 0 Å². The summed E-state index contributed by atoms with van der Waals surface area (Å²) in [7, 11) is 1.55. The highest BCUT2D eigenvalue weighted by Gasteiger charge is 2.33. The van der Waals surface area contributed by atoms with Gasteiger partial charge in [-0.2, -0.15) is 18.2 Å².